The average Bonchev–Trinajstić information content (AvgIpc) is 3.08. The van der Waals surface area contributed by atoms with Crippen molar-refractivity contribution in [2.24, 2.45) is 7.05 Å². The van der Waals surface area contributed by atoms with E-state index in [-0.39, 0.29) is 4.90 Å². The standard InChI is InChI=1S/C23H19N2O2S/c1-18-7-11-21(12-8-18)28(26,27)25-17-20(22-5-3-4-6-23(22)25)10-9-19-13-15-24(2)16-14-19/h3-8,11-17H,1-2H3/q+1. The molecule has 5 heteroatoms. The lowest BCUT2D eigenvalue weighted by Crippen LogP contribution is -2.25. The van der Waals surface area contributed by atoms with Crippen LogP contribution in [0.15, 0.2) is 84.1 Å². The Morgan fingerprint density at radius 3 is 2.29 bits per heavy atom. The van der Waals surface area contributed by atoms with E-state index in [1.54, 1.807) is 36.5 Å². The fourth-order valence-electron chi connectivity index (χ4n) is 3.00. The van der Waals surface area contributed by atoms with Gasteiger partial charge < -0.3 is 0 Å². The van der Waals surface area contributed by atoms with Crippen LogP contribution in [0.4, 0.5) is 0 Å². The molecular weight excluding hydrogens is 368 g/mol. The van der Waals surface area contributed by atoms with Gasteiger partial charge in [0.1, 0.15) is 7.05 Å². The number of aryl methyl sites for hydroxylation is 2. The number of nitrogens with zero attached hydrogens (tertiary/aromatic N) is 2. The fraction of sp³-hybridized carbons (Fsp3) is 0.0870. The molecule has 4 rings (SSSR count). The molecule has 0 saturated heterocycles. The van der Waals surface area contributed by atoms with Crippen molar-refractivity contribution in [1.29, 1.82) is 0 Å². The van der Waals surface area contributed by atoms with Crippen molar-refractivity contribution in [3.8, 4) is 11.8 Å². The minimum Gasteiger partial charge on any atom is -0.240 e. The fourth-order valence-corrected chi connectivity index (χ4v) is 4.37. The molecule has 0 spiro atoms. The molecule has 0 aliphatic carbocycles. The van der Waals surface area contributed by atoms with Gasteiger partial charge in [-0.25, -0.2) is 17.0 Å². The molecule has 0 amide bonds. The Morgan fingerprint density at radius 1 is 0.893 bits per heavy atom. The van der Waals surface area contributed by atoms with Gasteiger partial charge in [0.05, 0.1) is 16.0 Å². The van der Waals surface area contributed by atoms with E-state index in [9.17, 15) is 8.42 Å². The van der Waals surface area contributed by atoms with Crippen molar-refractivity contribution >= 4 is 20.9 Å². The summed E-state index contributed by atoms with van der Waals surface area (Å²) in [7, 11) is -1.76. The number of rotatable bonds is 2. The van der Waals surface area contributed by atoms with Crippen LogP contribution in [0, 0.1) is 18.8 Å². The molecule has 28 heavy (non-hydrogen) atoms. The van der Waals surface area contributed by atoms with Gasteiger partial charge in [-0.05, 0) is 25.1 Å². The van der Waals surface area contributed by atoms with E-state index in [0.717, 1.165) is 16.5 Å². The van der Waals surface area contributed by atoms with Crippen molar-refractivity contribution in [1.82, 2.24) is 3.97 Å². The van der Waals surface area contributed by atoms with Crippen LogP contribution in [0.1, 0.15) is 16.7 Å². The van der Waals surface area contributed by atoms with E-state index in [4.69, 9.17) is 0 Å². The normalized spacial score (nSPS) is 11.2. The van der Waals surface area contributed by atoms with Gasteiger partial charge in [-0.15, -0.1) is 0 Å². The Morgan fingerprint density at radius 2 is 1.57 bits per heavy atom. The highest BCUT2D eigenvalue weighted by Gasteiger charge is 2.20. The molecule has 2 heterocycles. The second-order valence-electron chi connectivity index (χ2n) is 6.68. The SMILES string of the molecule is Cc1ccc(S(=O)(=O)n2cc(C#Cc3cc[n+](C)cc3)c3ccccc32)cc1. The molecule has 4 nitrogen and oxygen atoms in total. The second kappa shape index (κ2) is 6.99. The van der Waals surface area contributed by atoms with Gasteiger partial charge in [-0.1, -0.05) is 47.7 Å². The first-order chi connectivity index (χ1) is 13.4. The zero-order valence-electron chi connectivity index (χ0n) is 15.6. The summed E-state index contributed by atoms with van der Waals surface area (Å²) in [5, 5.41) is 0.812. The van der Waals surface area contributed by atoms with Gasteiger partial charge in [-0.2, -0.15) is 0 Å². The zero-order chi connectivity index (χ0) is 19.7. The number of hydrogen-bond donors (Lipinski definition) is 0. The number of benzene rings is 2. The molecule has 0 aliphatic rings. The molecule has 138 valence electrons. The Kier molecular flexibility index (Phi) is 4.50. The molecule has 0 aliphatic heterocycles. The van der Waals surface area contributed by atoms with Crippen LogP contribution in [0.25, 0.3) is 10.9 Å². The van der Waals surface area contributed by atoms with Crippen LogP contribution in [0.2, 0.25) is 0 Å². The van der Waals surface area contributed by atoms with E-state index >= 15 is 0 Å². The van der Waals surface area contributed by atoms with Gasteiger partial charge in [-0.3, -0.25) is 0 Å². The maximum Gasteiger partial charge on any atom is 0.268 e. The second-order valence-corrected chi connectivity index (χ2v) is 8.49. The summed E-state index contributed by atoms with van der Waals surface area (Å²) in [4.78, 5) is 0.258. The molecule has 0 radical (unpaired) electrons. The third-order valence-electron chi connectivity index (χ3n) is 4.58. The van der Waals surface area contributed by atoms with Gasteiger partial charge >= 0.3 is 0 Å². The van der Waals surface area contributed by atoms with Gasteiger partial charge in [0.15, 0.2) is 12.4 Å². The van der Waals surface area contributed by atoms with Gasteiger partial charge in [0.25, 0.3) is 10.0 Å². The summed E-state index contributed by atoms with van der Waals surface area (Å²) in [5.74, 6) is 6.25. The molecule has 2 aromatic heterocycles. The highest BCUT2D eigenvalue weighted by atomic mass is 32.2. The summed E-state index contributed by atoms with van der Waals surface area (Å²) in [6.45, 7) is 1.93. The molecule has 0 N–H and O–H groups in total. The Bertz CT molecular complexity index is 1320. The number of pyridine rings is 1. The summed E-state index contributed by atoms with van der Waals surface area (Å²) in [6.07, 6.45) is 5.46. The summed E-state index contributed by atoms with van der Waals surface area (Å²) in [6, 6.07) is 18.1. The quantitative estimate of drug-likeness (QED) is 0.391. The van der Waals surface area contributed by atoms with E-state index in [1.807, 2.05) is 61.3 Å². The van der Waals surface area contributed by atoms with E-state index in [0.29, 0.717) is 11.1 Å². The smallest absolute Gasteiger partial charge is 0.240 e. The van der Waals surface area contributed by atoms with Crippen LogP contribution in [0.5, 0.6) is 0 Å². The first kappa shape index (κ1) is 18.0. The number of hydrogen-bond acceptors (Lipinski definition) is 2. The summed E-state index contributed by atoms with van der Waals surface area (Å²) < 4.78 is 29.6. The Hall–Kier alpha value is -3.36. The highest BCUT2D eigenvalue weighted by Crippen LogP contribution is 2.25. The van der Waals surface area contributed by atoms with Crippen molar-refractivity contribution < 1.29 is 13.0 Å². The third kappa shape index (κ3) is 3.30. The lowest BCUT2D eigenvalue weighted by Gasteiger charge is -2.07. The number of fused-ring (bicyclic) bond motifs is 1. The number of aromatic nitrogens is 2. The van der Waals surface area contributed by atoms with Crippen LogP contribution in [-0.4, -0.2) is 12.4 Å². The minimum atomic E-state index is -3.70. The van der Waals surface area contributed by atoms with Crippen LogP contribution < -0.4 is 4.57 Å². The molecular formula is C23H19N2O2S+. The van der Waals surface area contributed by atoms with Gasteiger partial charge in [0.2, 0.25) is 0 Å². The van der Waals surface area contributed by atoms with E-state index < -0.39 is 10.0 Å². The van der Waals surface area contributed by atoms with E-state index in [2.05, 4.69) is 11.8 Å². The number of para-hydroxylation sites is 1. The molecule has 0 fully saturated rings. The average molecular weight is 387 g/mol. The Labute approximate surface area is 164 Å². The predicted molar refractivity (Wildman–Crippen MR) is 109 cm³/mol. The highest BCUT2D eigenvalue weighted by molar-refractivity contribution is 7.90. The van der Waals surface area contributed by atoms with Crippen LogP contribution >= 0.6 is 0 Å². The van der Waals surface area contributed by atoms with Gasteiger partial charge in [0, 0.05) is 29.3 Å². The maximum atomic E-state index is 13.2. The molecule has 0 bridgehead atoms. The molecule has 0 atom stereocenters. The molecule has 4 aromatic rings. The molecule has 0 unspecified atom stereocenters. The Balaban J connectivity index is 1.85. The molecule has 0 saturated carbocycles. The van der Waals surface area contributed by atoms with E-state index in [1.165, 1.54) is 3.97 Å². The van der Waals surface area contributed by atoms with Crippen molar-refractivity contribution in [2.45, 2.75) is 11.8 Å². The van der Waals surface area contributed by atoms with Crippen molar-refractivity contribution in [3.63, 3.8) is 0 Å². The summed E-state index contributed by atoms with van der Waals surface area (Å²) >= 11 is 0. The first-order valence-corrected chi connectivity index (χ1v) is 10.3. The minimum absolute atomic E-state index is 0.258. The van der Waals surface area contributed by atoms with Crippen molar-refractivity contribution in [2.75, 3.05) is 0 Å². The lowest BCUT2D eigenvalue weighted by molar-refractivity contribution is -0.671. The molecule has 2 aromatic carbocycles. The van der Waals surface area contributed by atoms with Crippen LogP contribution in [0.3, 0.4) is 0 Å². The lowest BCUT2D eigenvalue weighted by atomic mass is 10.1. The monoisotopic (exact) mass is 387 g/mol. The van der Waals surface area contributed by atoms with Crippen molar-refractivity contribution in [3.05, 3.63) is 95.9 Å². The third-order valence-corrected chi connectivity index (χ3v) is 6.26. The topological polar surface area (TPSA) is 43.0 Å². The maximum absolute atomic E-state index is 13.2. The first-order valence-electron chi connectivity index (χ1n) is 8.85. The summed E-state index contributed by atoms with van der Waals surface area (Å²) in [5.41, 5.74) is 3.18. The zero-order valence-corrected chi connectivity index (χ0v) is 16.4. The van der Waals surface area contributed by atoms with Crippen LogP contribution in [-0.2, 0) is 17.1 Å². The predicted octanol–water partition coefficient (Wildman–Crippen LogP) is 3.41. The largest absolute Gasteiger partial charge is 0.268 e.